The Morgan fingerprint density at radius 3 is 2.33 bits per heavy atom. The molecule has 0 aliphatic rings. The van der Waals surface area contributed by atoms with E-state index in [1.807, 2.05) is 48.5 Å². The largest absolute Gasteiger partial charge is 0.493 e. The van der Waals surface area contributed by atoms with E-state index < -0.39 is 6.10 Å². The minimum absolute atomic E-state index is 0.272. The molecule has 1 atom stereocenters. The molecule has 0 unspecified atom stereocenters. The second-order valence-electron chi connectivity index (χ2n) is 6.70. The van der Waals surface area contributed by atoms with Gasteiger partial charge in [0.1, 0.15) is 6.61 Å². The summed E-state index contributed by atoms with van der Waals surface area (Å²) in [6, 6.07) is 18.5. The third-order valence-corrected chi connectivity index (χ3v) is 5.53. The predicted octanol–water partition coefficient (Wildman–Crippen LogP) is 6.06. The van der Waals surface area contributed by atoms with Crippen molar-refractivity contribution < 1.29 is 14.6 Å². The van der Waals surface area contributed by atoms with Crippen LogP contribution in [0.15, 0.2) is 60.7 Å². The maximum absolute atomic E-state index is 10.3. The van der Waals surface area contributed by atoms with E-state index in [2.05, 4.69) is 5.32 Å². The molecule has 2 N–H and O–H groups in total. The number of nitrogens with one attached hydrogen (secondary N) is 1. The van der Waals surface area contributed by atoms with Crippen molar-refractivity contribution in [2.75, 3.05) is 13.7 Å². The number of halogens is 3. The summed E-state index contributed by atoms with van der Waals surface area (Å²) in [7, 11) is 1.56. The first kappa shape index (κ1) is 22.7. The van der Waals surface area contributed by atoms with Gasteiger partial charge in [-0.15, -0.1) is 0 Å². The van der Waals surface area contributed by atoms with E-state index in [0.717, 1.165) is 16.7 Å². The Bertz CT molecular complexity index is 983. The fraction of sp³-hybridized carbons (Fsp3) is 0.217. The molecule has 0 aromatic heterocycles. The van der Waals surface area contributed by atoms with Crippen LogP contribution in [0, 0.1) is 0 Å². The lowest BCUT2D eigenvalue weighted by molar-refractivity contribution is 0.174. The maximum Gasteiger partial charge on any atom is 0.180 e. The molecule has 158 valence electrons. The topological polar surface area (TPSA) is 50.7 Å². The molecule has 0 aliphatic heterocycles. The number of aliphatic hydroxyl groups is 1. The molecular formula is C23H22Cl3NO3. The van der Waals surface area contributed by atoms with Crippen molar-refractivity contribution in [1.82, 2.24) is 5.32 Å². The number of rotatable bonds is 9. The third-order valence-electron chi connectivity index (χ3n) is 4.51. The number of aliphatic hydroxyl groups excluding tert-OH is 1. The highest BCUT2D eigenvalue weighted by Crippen LogP contribution is 2.37. The molecular weight excluding hydrogens is 445 g/mol. The summed E-state index contributed by atoms with van der Waals surface area (Å²) in [5, 5.41) is 14.9. The average molecular weight is 467 g/mol. The highest BCUT2D eigenvalue weighted by molar-refractivity contribution is 6.42. The van der Waals surface area contributed by atoms with E-state index >= 15 is 0 Å². The van der Waals surface area contributed by atoms with Gasteiger partial charge in [-0.3, -0.25) is 0 Å². The van der Waals surface area contributed by atoms with E-state index in [1.54, 1.807) is 19.2 Å². The van der Waals surface area contributed by atoms with E-state index in [9.17, 15) is 5.11 Å². The minimum atomic E-state index is -0.586. The zero-order valence-corrected chi connectivity index (χ0v) is 18.6. The first-order chi connectivity index (χ1) is 14.5. The number of hydrogen-bond acceptors (Lipinski definition) is 4. The van der Waals surface area contributed by atoms with Crippen LogP contribution in [0.5, 0.6) is 11.5 Å². The van der Waals surface area contributed by atoms with Gasteiger partial charge in [0.15, 0.2) is 11.5 Å². The Kier molecular flexibility index (Phi) is 8.25. The molecule has 0 aliphatic carbocycles. The van der Waals surface area contributed by atoms with Crippen LogP contribution in [-0.2, 0) is 13.2 Å². The van der Waals surface area contributed by atoms with Crippen LogP contribution >= 0.6 is 34.8 Å². The molecule has 0 heterocycles. The van der Waals surface area contributed by atoms with Crippen LogP contribution < -0.4 is 14.8 Å². The molecule has 3 aromatic carbocycles. The Hall–Kier alpha value is -1.95. The first-order valence-electron chi connectivity index (χ1n) is 9.34. The molecule has 4 nitrogen and oxygen atoms in total. The first-order valence-corrected chi connectivity index (χ1v) is 10.5. The molecule has 0 radical (unpaired) electrons. The number of benzene rings is 3. The molecule has 0 amide bonds. The van der Waals surface area contributed by atoms with Crippen LogP contribution in [0.2, 0.25) is 15.1 Å². The highest BCUT2D eigenvalue weighted by Gasteiger charge is 2.13. The molecule has 0 spiro atoms. The Morgan fingerprint density at radius 2 is 1.63 bits per heavy atom. The molecule has 7 heteroatoms. The van der Waals surface area contributed by atoms with Gasteiger partial charge in [-0.2, -0.15) is 0 Å². The molecule has 0 bridgehead atoms. The van der Waals surface area contributed by atoms with Gasteiger partial charge in [0, 0.05) is 13.1 Å². The number of hydrogen-bond donors (Lipinski definition) is 2. The van der Waals surface area contributed by atoms with Crippen molar-refractivity contribution in [3.63, 3.8) is 0 Å². The van der Waals surface area contributed by atoms with Crippen molar-refractivity contribution in [1.29, 1.82) is 0 Å². The van der Waals surface area contributed by atoms with E-state index in [1.165, 1.54) is 0 Å². The van der Waals surface area contributed by atoms with E-state index in [-0.39, 0.29) is 6.61 Å². The second-order valence-corrected chi connectivity index (χ2v) is 7.93. The van der Waals surface area contributed by atoms with Gasteiger partial charge in [0.05, 0.1) is 28.3 Å². The summed E-state index contributed by atoms with van der Waals surface area (Å²) in [6.07, 6.45) is -0.586. The summed E-state index contributed by atoms with van der Waals surface area (Å²) < 4.78 is 11.3. The van der Waals surface area contributed by atoms with Crippen LogP contribution in [0.25, 0.3) is 0 Å². The van der Waals surface area contributed by atoms with Crippen LogP contribution in [0.3, 0.4) is 0 Å². The zero-order chi connectivity index (χ0) is 21.5. The number of ether oxygens (including phenoxy) is 2. The van der Waals surface area contributed by atoms with E-state index in [0.29, 0.717) is 39.7 Å². The Labute approximate surface area is 191 Å². The van der Waals surface area contributed by atoms with Crippen molar-refractivity contribution in [2.45, 2.75) is 19.3 Å². The van der Waals surface area contributed by atoms with Gasteiger partial charge >= 0.3 is 0 Å². The van der Waals surface area contributed by atoms with Gasteiger partial charge in [-0.25, -0.2) is 0 Å². The molecule has 0 saturated carbocycles. The average Bonchev–Trinajstić information content (AvgIpc) is 2.75. The lowest BCUT2D eigenvalue weighted by atomic mass is 10.1. The summed E-state index contributed by atoms with van der Waals surface area (Å²) in [4.78, 5) is 0. The monoisotopic (exact) mass is 465 g/mol. The Morgan fingerprint density at radius 1 is 0.900 bits per heavy atom. The number of methoxy groups -OCH3 is 1. The SMILES string of the molecule is COc1cc(CNC[C@@H](O)c2ccccc2)cc(Cl)c1OCc1ccc(Cl)c(Cl)c1. The molecule has 0 fully saturated rings. The van der Waals surface area contributed by atoms with Gasteiger partial charge in [-0.1, -0.05) is 71.2 Å². The van der Waals surface area contributed by atoms with Crippen LogP contribution in [0.1, 0.15) is 22.8 Å². The summed E-state index contributed by atoms with van der Waals surface area (Å²) in [5.41, 5.74) is 2.65. The van der Waals surface area contributed by atoms with Crippen molar-refractivity contribution in [2.24, 2.45) is 0 Å². The lowest BCUT2D eigenvalue weighted by Crippen LogP contribution is -2.21. The molecule has 30 heavy (non-hydrogen) atoms. The maximum atomic E-state index is 10.3. The fourth-order valence-electron chi connectivity index (χ4n) is 2.95. The smallest absolute Gasteiger partial charge is 0.180 e. The Balaban J connectivity index is 1.62. The molecule has 0 saturated heterocycles. The van der Waals surface area contributed by atoms with Gasteiger partial charge in [-0.05, 0) is 41.0 Å². The minimum Gasteiger partial charge on any atom is -0.493 e. The van der Waals surface area contributed by atoms with Crippen molar-refractivity contribution in [3.05, 3.63) is 92.4 Å². The summed E-state index contributed by atoms with van der Waals surface area (Å²) in [5.74, 6) is 0.987. The summed E-state index contributed by atoms with van der Waals surface area (Å²) in [6.45, 7) is 1.21. The third kappa shape index (κ3) is 6.03. The van der Waals surface area contributed by atoms with Gasteiger partial charge < -0.3 is 19.9 Å². The van der Waals surface area contributed by atoms with E-state index in [4.69, 9.17) is 44.3 Å². The standard InChI is InChI=1S/C23H22Cl3NO3/c1-29-22-11-16(12-27-13-21(28)17-5-3-2-4-6-17)10-20(26)23(22)30-14-15-7-8-18(24)19(25)9-15/h2-11,21,27-28H,12-14H2,1H3/t21-/m1/s1. The molecule has 3 aromatic rings. The van der Waals surface area contributed by atoms with Crippen LogP contribution in [0.4, 0.5) is 0 Å². The quantitative estimate of drug-likeness (QED) is 0.402. The summed E-state index contributed by atoms with van der Waals surface area (Å²) >= 11 is 18.4. The van der Waals surface area contributed by atoms with Gasteiger partial charge in [0.25, 0.3) is 0 Å². The lowest BCUT2D eigenvalue weighted by Gasteiger charge is -2.16. The van der Waals surface area contributed by atoms with Crippen LogP contribution in [-0.4, -0.2) is 18.8 Å². The molecule has 3 rings (SSSR count). The second kappa shape index (κ2) is 10.9. The fourth-order valence-corrected chi connectivity index (χ4v) is 3.56. The normalized spacial score (nSPS) is 11.9. The zero-order valence-electron chi connectivity index (χ0n) is 16.4. The van der Waals surface area contributed by atoms with Crippen molar-refractivity contribution >= 4 is 34.8 Å². The highest BCUT2D eigenvalue weighted by atomic mass is 35.5. The predicted molar refractivity (Wildman–Crippen MR) is 122 cm³/mol. The van der Waals surface area contributed by atoms with Crippen molar-refractivity contribution in [3.8, 4) is 11.5 Å². The van der Waals surface area contributed by atoms with Gasteiger partial charge in [0.2, 0.25) is 0 Å².